The van der Waals surface area contributed by atoms with Crippen molar-refractivity contribution in [1.29, 1.82) is 0 Å². The van der Waals surface area contributed by atoms with E-state index in [4.69, 9.17) is 10.7 Å². The van der Waals surface area contributed by atoms with Gasteiger partial charge in [0.1, 0.15) is 5.82 Å². The summed E-state index contributed by atoms with van der Waals surface area (Å²) in [4.78, 5) is 0. The van der Waals surface area contributed by atoms with E-state index in [1.807, 2.05) is 0 Å². The van der Waals surface area contributed by atoms with Crippen molar-refractivity contribution in [3.8, 4) is 11.1 Å². The van der Waals surface area contributed by atoms with Gasteiger partial charge in [0.25, 0.3) is 0 Å². The molecule has 2 rings (SSSR count). The molecule has 5 heteroatoms. The summed E-state index contributed by atoms with van der Waals surface area (Å²) in [6.07, 6.45) is 0. The van der Waals surface area contributed by atoms with E-state index in [1.165, 1.54) is 6.07 Å². The Bertz CT molecular complexity index is 696. The van der Waals surface area contributed by atoms with Crippen molar-refractivity contribution in [3.05, 3.63) is 59.9 Å². The predicted octanol–water partition coefficient (Wildman–Crippen LogP) is 4.16. The molecule has 0 spiro atoms. The summed E-state index contributed by atoms with van der Waals surface area (Å²) >= 11 is 0. The summed E-state index contributed by atoms with van der Waals surface area (Å²) < 4.78 is 35.8. The zero-order chi connectivity index (χ0) is 14.8. The quantitative estimate of drug-likeness (QED) is 0.794. The average molecular weight is 313 g/mol. The number of hydrogen-bond acceptors (Lipinski definition) is 2. The van der Waals surface area contributed by atoms with Crippen molar-refractivity contribution in [2.24, 2.45) is 0 Å². The fraction of sp³-hybridized carbons (Fsp3) is 0.200. The van der Waals surface area contributed by atoms with Crippen molar-refractivity contribution in [1.82, 2.24) is 0 Å². The number of benzene rings is 2. The van der Waals surface area contributed by atoms with Crippen LogP contribution in [-0.4, -0.2) is 14.2 Å². The summed E-state index contributed by atoms with van der Waals surface area (Å²) in [6.45, 7) is 1.79. The summed E-state index contributed by atoms with van der Waals surface area (Å²) in [5.41, 5.74) is 2.14. The highest BCUT2D eigenvalue weighted by Gasteiger charge is 2.14. The molecule has 0 amide bonds. The molecule has 2 aromatic carbocycles. The van der Waals surface area contributed by atoms with Gasteiger partial charge < -0.3 is 0 Å². The second-order valence-electron chi connectivity index (χ2n) is 4.71. The summed E-state index contributed by atoms with van der Waals surface area (Å²) in [5.74, 6) is -0.600. The minimum absolute atomic E-state index is 0.117. The van der Waals surface area contributed by atoms with Crippen LogP contribution < -0.4 is 0 Å². The second kappa shape index (κ2) is 5.94. The van der Waals surface area contributed by atoms with Crippen LogP contribution in [0.2, 0.25) is 0 Å². The maximum atomic E-state index is 13.7. The van der Waals surface area contributed by atoms with E-state index in [-0.39, 0.29) is 17.5 Å². The van der Waals surface area contributed by atoms with E-state index in [0.717, 1.165) is 11.1 Å². The van der Waals surface area contributed by atoms with Gasteiger partial charge in [0.15, 0.2) is 0 Å². The molecule has 1 unspecified atom stereocenters. The number of halogens is 2. The largest absolute Gasteiger partial charge is 0.233 e. The molecule has 0 aliphatic heterocycles. The predicted molar refractivity (Wildman–Crippen MR) is 79.9 cm³/mol. The molecular weight excluding hydrogens is 299 g/mol. The Balaban J connectivity index is 2.25. The third-order valence-electron chi connectivity index (χ3n) is 3.11. The van der Waals surface area contributed by atoms with E-state index >= 15 is 0 Å². The molecule has 0 aliphatic rings. The summed E-state index contributed by atoms with van der Waals surface area (Å²) in [7, 11) is 1.72. The van der Waals surface area contributed by atoms with E-state index in [1.54, 1.807) is 49.4 Å². The molecule has 106 valence electrons. The monoisotopic (exact) mass is 312 g/mol. The van der Waals surface area contributed by atoms with Gasteiger partial charge in [-0.1, -0.05) is 49.4 Å². The molecule has 0 fully saturated rings. The molecule has 0 saturated heterocycles. The smallest absolute Gasteiger partial charge is 0.212 e. The third-order valence-corrected chi connectivity index (χ3v) is 4.39. The first-order valence-electron chi connectivity index (χ1n) is 6.14. The minimum atomic E-state index is -3.53. The van der Waals surface area contributed by atoms with Gasteiger partial charge in [0.2, 0.25) is 9.05 Å². The SMILES string of the molecule is CC(CS(=O)(=O)Cl)c1ccc(-c2ccccc2F)cc1. The molecule has 2 aromatic rings. The lowest BCUT2D eigenvalue weighted by Crippen LogP contribution is -2.06. The first kappa shape index (κ1) is 15.0. The van der Waals surface area contributed by atoms with Gasteiger partial charge in [-0.25, -0.2) is 12.8 Å². The lowest BCUT2D eigenvalue weighted by Gasteiger charge is -2.11. The third kappa shape index (κ3) is 3.81. The average Bonchev–Trinajstić information content (AvgIpc) is 2.37. The van der Waals surface area contributed by atoms with Gasteiger partial charge in [-0.3, -0.25) is 0 Å². The highest BCUT2D eigenvalue weighted by Crippen LogP contribution is 2.25. The van der Waals surface area contributed by atoms with Crippen LogP contribution in [0.5, 0.6) is 0 Å². The van der Waals surface area contributed by atoms with E-state index in [0.29, 0.717) is 5.56 Å². The molecule has 2 nitrogen and oxygen atoms in total. The van der Waals surface area contributed by atoms with Gasteiger partial charge >= 0.3 is 0 Å². The van der Waals surface area contributed by atoms with Crippen LogP contribution in [0.3, 0.4) is 0 Å². The van der Waals surface area contributed by atoms with Gasteiger partial charge in [0, 0.05) is 16.2 Å². The van der Waals surface area contributed by atoms with Crippen LogP contribution >= 0.6 is 10.7 Å². The Kier molecular flexibility index (Phi) is 4.45. The van der Waals surface area contributed by atoms with E-state index < -0.39 is 9.05 Å². The van der Waals surface area contributed by atoms with Crippen LogP contribution in [0.1, 0.15) is 18.4 Å². The van der Waals surface area contributed by atoms with Crippen molar-refractivity contribution >= 4 is 19.7 Å². The van der Waals surface area contributed by atoms with E-state index in [9.17, 15) is 12.8 Å². The molecule has 0 N–H and O–H groups in total. The molecule has 0 aliphatic carbocycles. The van der Waals surface area contributed by atoms with Crippen LogP contribution in [0.4, 0.5) is 4.39 Å². The fourth-order valence-electron chi connectivity index (χ4n) is 2.08. The van der Waals surface area contributed by atoms with Crippen LogP contribution in [-0.2, 0) is 9.05 Å². The highest BCUT2D eigenvalue weighted by molar-refractivity contribution is 8.13. The first-order valence-corrected chi connectivity index (χ1v) is 8.62. The molecule has 0 bridgehead atoms. The highest BCUT2D eigenvalue weighted by atomic mass is 35.7. The van der Waals surface area contributed by atoms with Gasteiger partial charge in [-0.15, -0.1) is 0 Å². The molecule has 0 radical (unpaired) electrons. The van der Waals surface area contributed by atoms with Gasteiger partial charge in [0.05, 0.1) is 5.75 Å². The van der Waals surface area contributed by atoms with E-state index in [2.05, 4.69) is 0 Å². The first-order chi connectivity index (χ1) is 9.37. The normalized spacial score (nSPS) is 13.2. The number of hydrogen-bond donors (Lipinski definition) is 0. The molecule has 0 heterocycles. The molecule has 1 atom stereocenters. The molecule has 0 aromatic heterocycles. The summed E-state index contributed by atoms with van der Waals surface area (Å²) in [5, 5.41) is 0. The second-order valence-corrected chi connectivity index (χ2v) is 7.53. The molecule has 20 heavy (non-hydrogen) atoms. The van der Waals surface area contributed by atoms with Crippen molar-refractivity contribution in [2.75, 3.05) is 5.75 Å². The molecule has 0 saturated carbocycles. The lowest BCUT2D eigenvalue weighted by atomic mass is 9.98. The zero-order valence-electron chi connectivity index (χ0n) is 10.9. The standard InChI is InChI=1S/C15H14ClFO2S/c1-11(10-20(16,18)19)12-6-8-13(9-7-12)14-4-2-3-5-15(14)17/h2-9,11H,10H2,1H3. The minimum Gasteiger partial charge on any atom is -0.212 e. The Hall–Kier alpha value is -1.39. The van der Waals surface area contributed by atoms with Gasteiger partial charge in [-0.05, 0) is 23.1 Å². The Labute approximate surface area is 122 Å². The Morgan fingerprint density at radius 3 is 2.25 bits per heavy atom. The topological polar surface area (TPSA) is 34.1 Å². The maximum absolute atomic E-state index is 13.7. The summed E-state index contributed by atoms with van der Waals surface area (Å²) in [6, 6.07) is 13.7. The fourth-order valence-corrected chi connectivity index (χ4v) is 3.44. The van der Waals surface area contributed by atoms with Crippen molar-refractivity contribution in [2.45, 2.75) is 12.8 Å². The lowest BCUT2D eigenvalue weighted by molar-refractivity contribution is 0.604. The van der Waals surface area contributed by atoms with Crippen LogP contribution in [0, 0.1) is 5.82 Å². The zero-order valence-corrected chi connectivity index (χ0v) is 12.5. The van der Waals surface area contributed by atoms with Crippen molar-refractivity contribution < 1.29 is 12.8 Å². The van der Waals surface area contributed by atoms with Crippen LogP contribution in [0.25, 0.3) is 11.1 Å². The molecular formula is C15H14ClFO2S. The number of rotatable bonds is 4. The Morgan fingerprint density at radius 2 is 1.70 bits per heavy atom. The van der Waals surface area contributed by atoms with Gasteiger partial charge in [-0.2, -0.15) is 0 Å². The maximum Gasteiger partial charge on any atom is 0.233 e. The Morgan fingerprint density at radius 1 is 1.10 bits per heavy atom. The van der Waals surface area contributed by atoms with Crippen molar-refractivity contribution in [3.63, 3.8) is 0 Å². The van der Waals surface area contributed by atoms with Crippen LogP contribution in [0.15, 0.2) is 48.5 Å².